The molecule has 0 spiro atoms. The van der Waals surface area contributed by atoms with Crippen LogP contribution in [0.15, 0.2) is 42.5 Å². The highest BCUT2D eigenvalue weighted by Crippen LogP contribution is 2.31. The van der Waals surface area contributed by atoms with E-state index in [1.807, 2.05) is 28.9 Å². The molecule has 0 bridgehead atoms. The predicted octanol–water partition coefficient (Wildman–Crippen LogP) is 4.28. The molecule has 0 radical (unpaired) electrons. The number of tetrazole rings is 1. The first kappa shape index (κ1) is 18.9. The van der Waals surface area contributed by atoms with Gasteiger partial charge in [-0.2, -0.15) is 4.68 Å². The van der Waals surface area contributed by atoms with E-state index in [1.54, 1.807) is 7.11 Å². The van der Waals surface area contributed by atoms with Gasteiger partial charge in [-0.3, -0.25) is 0 Å². The van der Waals surface area contributed by atoms with Gasteiger partial charge in [0.15, 0.2) is 5.82 Å². The van der Waals surface area contributed by atoms with Crippen LogP contribution < -0.4 is 10.1 Å². The molecule has 0 fully saturated rings. The van der Waals surface area contributed by atoms with Crippen LogP contribution in [0.1, 0.15) is 44.1 Å². The molecule has 0 amide bonds. The summed E-state index contributed by atoms with van der Waals surface area (Å²) in [4.78, 5) is 0. The minimum Gasteiger partial charge on any atom is -0.497 e. The maximum absolute atomic E-state index is 5.25. The van der Waals surface area contributed by atoms with Crippen molar-refractivity contribution in [3.05, 3.63) is 59.4 Å². The molecule has 3 aromatic rings. The number of rotatable bonds is 7. The summed E-state index contributed by atoms with van der Waals surface area (Å²) in [6.07, 6.45) is 1.75. The Morgan fingerprint density at radius 2 is 1.85 bits per heavy atom. The van der Waals surface area contributed by atoms with Gasteiger partial charge in [-0.1, -0.05) is 32.0 Å². The second-order valence-electron chi connectivity index (χ2n) is 6.89. The number of aryl methyl sites for hydroxylation is 2. The first-order chi connectivity index (χ1) is 13.0. The zero-order valence-electron chi connectivity index (χ0n) is 16.7. The molecule has 3 rings (SSSR count). The third kappa shape index (κ3) is 3.65. The number of nitrogens with one attached hydrogen (secondary N) is 1. The molecule has 6 heteroatoms. The lowest BCUT2D eigenvalue weighted by atomic mass is 9.96. The second-order valence-corrected chi connectivity index (χ2v) is 6.89. The molecule has 0 saturated heterocycles. The summed E-state index contributed by atoms with van der Waals surface area (Å²) in [6, 6.07) is 14.2. The van der Waals surface area contributed by atoms with E-state index in [0.717, 1.165) is 41.4 Å². The Kier molecular flexibility index (Phi) is 5.44. The first-order valence-corrected chi connectivity index (χ1v) is 9.32. The fourth-order valence-corrected chi connectivity index (χ4v) is 3.29. The summed E-state index contributed by atoms with van der Waals surface area (Å²) in [5.41, 5.74) is 4.02. The molecule has 0 saturated carbocycles. The average Bonchev–Trinajstić information content (AvgIpc) is 3.18. The van der Waals surface area contributed by atoms with Crippen molar-refractivity contribution in [3.63, 3.8) is 0 Å². The lowest BCUT2D eigenvalue weighted by Crippen LogP contribution is -2.34. The number of aromatic nitrogens is 4. The number of anilines is 1. The SMILES string of the molecule is CCc1cccc(C)c1-n1nnnc1[C@](C)(CC)Nc1ccc(OC)cc1. The molecule has 142 valence electrons. The van der Waals surface area contributed by atoms with Crippen molar-refractivity contribution in [2.24, 2.45) is 0 Å². The van der Waals surface area contributed by atoms with Crippen LogP contribution in [0.25, 0.3) is 5.69 Å². The van der Waals surface area contributed by atoms with Crippen molar-refractivity contribution in [1.29, 1.82) is 0 Å². The lowest BCUT2D eigenvalue weighted by molar-refractivity contribution is 0.414. The zero-order chi connectivity index (χ0) is 19.4. The fraction of sp³-hybridized carbons (Fsp3) is 0.381. The van der Waals surface area contributed by atoms with Crippen LogP contribution in [0.5, 0.6) is 5.75 Å². The van der Waals surface area contributed by atoms with Crippen LogP contribution in [-0.2, 0) is 12.0 Å². The molecule has 0 aliphatic rings. The summed E-state index contributed by atoms with van der Waals surface area (Å²) in [7, 11) is 1.67. The molecule has 1 aromatic heterocycles. The fourth-order valence-electron chi connectivity index (χ4n) is 3.29. The topological polar surface area (TPSA) is 64.9 Å². The predicted molar refractivity (Wildman–Crippen MR) is 108 cm³/mol. The highest BCUT2D eigenvalue weighted by atomic mass is 16.5. The molecular weight excluding hydrogens is 338 g/mol. The summed E-state index contributed by atoms with van der Waals surface area (Å²) < 4.78 is 7.13. The van der Waals surface area contributed by atoms with E-state index in [9.17, 15) is 0 Å². The Bertz CT molecular complexity index is 903. The van der Waals surface area contributed by atoms with Gasteiger partial charge in [0, 0.05) is 5.69 Å². The summed E-state index contributed by atoms with van der Waals surface area (Å²) in [5.74, 6) is 1.63. The number of benzene rings is 2. The van der Waals surface area contributed by atoms with Gasteiger partial charge in [0.1, 0.15) is 5.75 Å². The van der Waals surface area contributed by atoms with E-state index in [2.05, 4.69) is 66.7 Å². The minimum absolute atomic E-state index is 0.425. The first-order valence-electron chi connectivity index (χ1n) is 9.32. The zero-order valence-corrected chi connectivity index (χ0v) is 16.7. The summed E-state index contributed by atoms with van der Waals surface area (Å²) in [6.45, 7) is 8.51. The third-order valence-corrected chi connectivity index (χ3v) is 5.09. The van der Waals surface area contributed by atoms with Crippen LogP contribution in [0.4, 0.5) is 5.69 Å². The Labute approximate surface area is 160 Å². The van der Waals surface area contributed by atoms with Gasteiger partial charge in [-0.05, 0) is 72.5 Å². The van der Waals surface area contributed by atoms with Crippen LogP contribution in [0.3, 0.4) is 0 Å². The van der Waals surface area contributed by atoms with Gasteiger partial charge in [0.05, 0.1) is 18.3 Å². The van der Waals surface area contributed by atoms with Gasteiger partial charge in [0.2, 0.25) is 0 Å². The lowest BCUT2D eigenvalue weighted by Gasteiger charge is -2.30. The van der Waals surface area contributed by atoms with Gasteiger partial charge >= 0.3 is 0 Å². The van der Waals surface area contributed by atoms with Crippen molar-refractivity contribution in [2.45, 2.75) is 46.1 Å². The van der Waals surface area contributed by atoms with Crippen molar-refractivity contribution in [2.75, 3.05) is 12.4 Å². The number of ether oxygens (including phenoxy) is 1. The molecule has 0 aliphatic carbocycles. The smallest absolute Gasteiger partial charge is 0.181 e. The monoisotopic (exact) mass is 365 g/mol. The molecule has 6 nitrogen and oxygen atoms in total. The maximum atomic E-state index is 5.25. The van der Waals surface area contributed by atoms with Crippen molar-refractivity contribution < 1.29 is 4.74 Å². The third-order valence-electron chi connectivity index (χ3n) is 5.09. The molecule has 1 atom stereocenters. The molecule has 2 aromatic carbocycles. The standard InChI is InChI=1S/C21H27N5O/c1-6-16-10-8-9-15(3)19(16)26-20(23-24-25-26)21(4,7-2)22-17-11-13-18(27-5)14-12-17/h8-14,22H,6-7H2,1-5H3/t21-/m0/s1. The highest BCUT2D eigenvalue weighted by molar-refractivity contribution is 5.51. The number of methoxy groups -OCH3 is 1. The van der Waals surface area contributed by atoms with Gasteiger partial charge in [0.25, 0.3) is 0 Å². The van der Waals surface area contributed by atoms with E-state index in [-0.39, 0.29) is 0 Å². The van der Waals surface area contributed by atoms with Crippen LogP contribution >= 0.6 is 0 Å². The molecular formula is C21H27N5O. The number of hydrogen-bond acceptors (Lipinski definition) is 5. The van der Waals surface area contributed by atoms with Crippen LogP contribution in [-0.4, -0.2) is 27.3 Å². The van der Waals surface area contributed by atoms with Crippen molar-refractivity contribution in [3.8, 4) is 11.4 Å². The molecule has 0 unspecified atom stereocenters. The highest BCUT2D eigenvalue weighted by Gasteiger charge is 2.32. The molecule has 1 heterocycles. The van der Waals surface area contributed by atoms with Gasteiger partial charge < -0.3 is 10.1 Å². The molecule has 0 aliphatic heterocycles. The van der Waals surface area contributed by atoms with Gasteiger partial charge in [-0.15, -0.1) is 5.10 Å². The quantitative estimate of drug-likeness (QED) is 0.677. The largest absolute Gasteiger partial charge is 0.497 e. The van der Waals surface area contributed by atoms with E-state index in [1.165, 1.54) is 5.56 Å². The normalized spacial score (nSPS) is 13.2. The Morgan fingerprint density at radius 3 is 2.48 bits per heavy atom. The molecule has 27 heavy (non-hydrogen) atoms. The van der Waals surface area contributed by atoms with E-state index in [4.69, 9.17) is 4.74 Å². The average molecular weight is 365 g/mol. The van der Waals surface area contributed by atoms with E-state index in [0.29, 0.717) is 0 Å². The van der Waals surface area contributed by atoms with E-state index < -0.39 is 5.54 Å². The Morgan fingerprint density at radius 1 is 1.11 bits per heavy atom. The van der Waals surface area contributed by atoms with Gasteiger partial charge in [-0.25, -0.2) is 0 Å². The van der Waals surface area contributed by atoms with E-state index >= 15 is 0 Å². The Hall–Kier alpha value is -2.89. The van der Waals surface area contributed by atoms with Crippen LogP contribution in [0.2, 0.25) is 0 Å². The number of para-hydroxylation sites is 1. The second kappa shape index (κ2) is 7.78. The summed E-state index contributed by atoms with van der Waals surface area (Å²) in [5, 5.41) is 16.3. The molecule has 1 N–H and O–H groups in total. The minimum atomic E-state index is -0.425. The maximum Gasteiger partial charge on any atom is 0.181 e. The van der Waals surface area contributed by atoms with Crippen LogP contribution in [0, 0.1) is 6.92 Å². The summed E-state index contributed by atoms with van der Waals surface area (Å²) >= 11 is 0. The Balaban J connectivity index is 2.03. The number of nitrogens with zero attached hydrogens (tertiary/aromatic N) is 4. The van der Waals surface area contributed by atoms with Crippen molar-refractivity contribution >= 4 is 5.69 Å². The van der Waals surface area contributed by atoms with Crippen molar-refractivity contribution in [1.82, 2.24) is 20.2 Å². The number of hydrogen-bond donors (Lipinski definition) is 1.